The number of nitrogens with two attached hydrogens (primary N) is 1. The first-order valence-electron chi connectivity index (χ1n) is 10.5. The molecule has 1 aromatic rings. The Balaban J connectivity index is 3.14. The quantitative estimate of drug-likeness (QED) is 0.427. The lowest BCUT2D eigenvalue weighted by molar-refractivity contribution is -0.161. The van der Waals surface area contributed by atoms with Gasteiger partial charge >= 0.3 is 17.9 Å². The highest BCUT2D eigenvalue weighted by Gasteiger charge is 2.34. The van der Waals surface area contributed by atoms with Crippen LogP contribution in [0.1, 0.15) is 53.5 Å². The fraction of sp³-hybridized carbons (Fsp3) is 0.609. The molecule has 0 radical (unpaired) electrons. The van der Waals surface area contributed by atoms with E-state index in [9.17, 15) is 14.4 Å². The molecule has 7 nitrogen and oxygen atoms in total. The molecule has 0 saturated carbocycles. The first kappa shape index (κ1) is 27.0. The number of carbonyl (C=O) groups is 3. The Labute approximate surface area is 190 Å². The molecule has 0 aliphatic rings. The molecular formula is C23H36N2O5S. The summed E-state index contributed by atoms with van der Waals surface area (Å²) in [5.74, 6) is -1.31. The van der Waals surface area contributed by atoms with E-state index in [4.69, 9.17) is 15.2 Å². The molecule has 0 heterocycles. The molecule has 1 rings (SSSR count). The Morgan fingerprint density at radius 2 is 1.58 bits per heavy atom. The lowest BCUT2D eigenvalue weighted by Gasteiger charge is -2.34. The van der Waals surface area contributed by atoms with Crippen LogP contribution in [0, 0.1) is 0 Å². The molecule has 0 unspecified atom stereocenters. The topological polar surface area (TPSA) is 98.9 Å². The van der Waals surface area contributed by atoms with Gasteiger partial charge in [-0.15, -0.1) is 0 Å². The minimum atomic E-state index is -0.906. The Kier molecular flexibility index (Phi) is 10.5. The van der Waals surface area contributed by atoms with Gasteiger partial charge < -0.3 is 20.1 Å². The van der Waals surface area contributed by atoms with E-state index in [1.165, 1.54) is 0 Å². The number of benzene rings is 1. The maximum Gasteiger partial charge on any atom is 0.336 e. The lowest BCUT2D eigenvalue weighted by Crippen LogP contribution is -2.50. The molecule has 0 spiro atoms. The Morgan fingerprint density at radius 3 is 2.06 bits per heavy atom. The molecule has 0 aromatic heterocycles. The van der Waals surface area contributed by atoms with Crippen molar-refractivity contribution in [3.8, 4) is 0 Å². The molecular weight excluding hydrogens is 416 g/mol. The van der Waals surface area contributed by atoms with E-state index in [2.05, 4.69) is 20.8 Å². The van der Waals surface area contributed by atoms with E-state index >= 15 is 0 Å². The van der Waals surface area contributed by atoms with Gasteiger partial charge in [-0.25, -0.2) is 14.4 Å². The van der Waals surface area contributed by atoms with E-state index in [-0.39, 0.29) is 12.0 Å². The number of thioether (sulfide) groups is 1. The minimum absolute atomic E-state index is 0.0417. The second-order valence-corrected chi connectivity index (χ2v) is 9.42. The normalized spacial score (nSPS) is 14.3. The van der Waals surface area contributed by atoms with Crippen molar-refractivity contribution in [2.75, 3.05) is 23.5 Å². The Morgan fingerprint density at radius 1 is 1.03 bits per heavy atom. The fourth-order valence-electron chi connectivity index (χ4n) is 3.03. The number of rotatable bonds is 10. The molecule has 2 N–H and O–H groups in total. The van der Waals surface area contributed by atoms with Crippen LogP contribution >= 0.6 is 11.8 Å². The van der Waals surface area contributed by atoms with Gasteiger partial charge in [-0.2, -0.15) is 11.8 Å². The van der Waals surface area contributed by atoms with Crippen molar-refractivity contribution in [3.63, 3.8) is 0 Å². The smallest absolute Gasteiger partial charge is 0.336 e. The van der Waals surface area contributed by atoms with Crippen LogP contribution in [0.4, 0.5) is 5.69 Å². The molecule has 0 saturated heterocycles. The first-order chi connectivity index (χ1) is 14.4. The van der Waals surface area contributed by atoms with Gasteiger partial charge in [-0.05, 0) is 62.3 Å². The van der Waals surface area contributed by atoms with Crippen molar-refractivity contribution in [1.82, 2.24) is 0 Å². The van der Waals surface area contributed by atoms with Crippen molar-refractivity contribution >= 4 is 35.4 Å². The molecule has 0 bridgehead atoms. The van der Waals surface area contributed by atoms with E-state index in [0.717, 1.165) is 5.56 Å². The summed E-state index contributed by atoms with van der Waals surface area (Å²) in [4.78, 5) is 39.0. The van der Waals surface area contributed by atoms with Gasteiger partial charge in [0.05, 0.1) is 6.61 Å². The minimum Gasteiger partial charge on any atom is -0.464 e. The zero-order valence-corrected chi connectivity index (χ0v) is 20.5. The number of nitrogens with zero attached hydrogens (tertiary/aromatic N) is 1. The highest BCUT2D eigenvalue weighted by atomic mass is 32.2. The molecule has 0 aliphatic carbocycles. The third-order valence-corrected chi connectivity index (χ3v) is 5.62. The number of carbonyl (C=O) groups excluding carboxylic acids is 3. The molecule has 0 amide bonds. The van der Waals surface area contributed by atoms with Gasteiger partial charge in [0.15, 0.2) is 0 Å². The summed E-state index contributed by atoms with van der Waals surface area (Å²) in [6.07, 6.45) is 2.32. The summed E-state index contributed by atoms with van der Waals surface area (Å²) in [7, 11) is 0. The highest BCUT2D eigenvalue weighted by Crippen LogP contribution is 2.27. The predicted octanol–water partition coefficient (Wildman–Crippen LogP) is 3.28. The van der Waals surface area contributed by atoms with Gasteiger partial charge in [0, 0.05) is 5.69 Å². The Hall–Kier alpha value is -2.06. The Bertz CT molecular complexity index is 745. The second-order valence-electron chi connectivity index (χ2n) is 8.44. The number of hydrogen-bond donors (Lipinski definition) is 1. The summed E-state index contributed by atoms with van der Waals surface area (Å²) < 4.78 is 10.2. The molecule has 0 fully saturated rings. The third-order valence-electron chi connectivity index (χ3n) is 4.97. The van der Waals surface area contributed by atoms with Crippen LogP contribution in [0.25, 0.3) is 0 Å². The van der Waals surface area contributed by atoms with Crippen molar-refractivity contribution in [2.24, 2.45) is 5.73 Å². The van der Waals surface area contributed by atoms with Crippen LogP contribution in [-0.2, 0) is 29.3 Å². The van der Waals surface area contributed by atoms with Gasteiger partial charge in [0.1, 0.15) is 18.1 Å². The fourth-order valence-corrected chi connectivity index (χ4v) is 3.52. The van der Waals surface area contributed by atoms with E-state index in [0.29, 0.717) is 17.9 Å². The van der Waals surface area contributed by atoms with Crippen LogP contribution in [0.15, 0.2) is 24.3 Å². The highest BCUT2D eigenvalue weighted by molar-refractivity contribution is 7.98. The van der Waals surface area contributed by atoms with E-state index in [1.807, 2.05) is 30.5 Å². The third kappa shape index (κ3) is 7.85. The van der Waals surface area contributed by atoms with Crippen LogP contribution in [0.3, 0.4) is 0 Å². The predicted molar refractivity (Wildman–Crippen MR) is 125 cm³/mol. The van der Waals surface area contributed by atoms with E-state index in [1.54, 1.807) is 37.4 Å². The number of hydrogen-bond acceptors (Lipinski definition) is 8. The lowest BCUT2D eigenvalue weighted by atomic mass is 9.87. The van der Waals surface area contributed by atoms with Crippen LogP contribution < -0.4 is 10.6 Å². The molecule has 1 aromatic carbocycles. The SMILES string of the molecule is CCOC(=O)[C@H](C)N(c1ccc(C(C)(C)C)cc1)[C@@H](C)C(=O)OC(=O)[C@@H](N)CCSC. The summed E-state index contributed by atoms with van der Waals surface area (Å²) in [6, 6.07) is 5.09. The molecule has 174 valence electrons. The summed E-state index contributed by atoms with van der Waals surface area (Å²) in [6.45, 7) is 11.5. The summed E-state index contributed by atoms with van der Waals surface area (Å²) in [5, 5.41) is 0. The zero-order chi connectivity index (χ0) is 23.8. The monoisotopic (exact) mass is 452 g/mol. The second kappa shape index (κ2) is 12.1. The van der Waals surface area contributed by atoms with Crippen LogP contribution in [-0.4, -0.2) is 54.6 Å². The average Bonchev–Trinajstić information content (AvgIpc) is 2.71. The van der Waals surface area contributed by atoms with Crippen LogP contribution in [0.2, 0.25) is 0 Å². The first-order valence-corrected chi connectivity index (χ1v) is 11.9. The van der Waals surface area contributed by atoms with Gasteiger partial charge in [0.25, 0.3) is 0 Å². The molecule has 0 aliphatic heterocycles. The van der Waals surface area contributed by atoms with Gasteiger partial charge in [0.2, 0.25) is 0 Å². The van der Waals surface area contributed by atoms with Gasteiger partial charge in [-0.3, -0.25) is 0 Å². The van der Waals surface area contributed by atoms with Crippen molar-refractivity contribution in [1.29, 1.82) is 0 Å². The maximum atomic E-state index is 12.8. The number of ether oxygens (including phenoxy) is 2. The summed E-state index contributed by atoms with van der Waals surface area (Å²) in [5.41, 5.74) is 7.54. The average molecular weight is 453 g/mol. The molecule has 8 heteroatoms. The van der Waals surface area contributed by atoms with Crippen molar-refractivity contribution in [2.45, 2.75) is 71.5 Å². The number of esters is 3. The van der Waals surface area contributed by atoms with Crippen molar-refractivity contribution < 1.29 is 23.9 Å². The van der Waals surface area contributed by atoms with E-state index < -0.39 is 36.0 Å². The zero-order valence-electron chi connectivity index (χ0n) is 19.6. The standard InChI is InChI=1S/C23H36N2O5S/c1-8-29-20(26)15(2)25(18-11-9-17(10-12-18)23(4,5)6)16(3)21(27)30-22(28)19(24)13-14-31-7/h9-12,15-16,19H,8,13-14,24H2,1-7H3/t15-,16-,19-/m0/s1. The molecule has 3 atom stereocenters. The summed E-state index contributed by atoms with van der Waals surface area (Å²) >= 11 is 1.56. The van der Waals surface area contributed by atoms with Gasteiger partial charge in [-0.1, -0.05) is 32.9 Å². The largest absolute Gasteiger partial charge is 0.464 e. The van der Waals surface area contributed by atoms with Crippen molar-refractivity contribution in [3.05, 3.63) is 29.8 Å². The maximum absolute atomic E-state index is 12.8. The number of anilines is 1. The molecule has 31 heavy (non-hydrogen) atoms. The van der Waals surface area contributed by atoms with Crippen LogP contribution in [0.5, 0.6) is 0 Å².